The molecule has 0 saturated carbocycles. The lowest BCUT2D eigenvalue weighted by molar-refractivity contribution is -0.163. The average Bonchev–Trinajstić information content (AvgIpc) is 3.24. The molecule has 3 aliphatic heterocycles. The number of thioether (sulfide) groups is 1. The molecule has 5 atom stereocenters. The number of carbonyl (C=O) groups excluding carboxylic acids is 1. The fraction of sp³-hybridized carbons (Fsp3) is 0.526. The summed E-state index contributed by atoms with van der Waals surface area (Å²) in [6.45, 7) is 4.23. The van der Waals surface area contributed by atoms with Crippen LogP contribution in [0.3, 0.4) is 0 Å². The van der Waals surface area contributed by atoms with Gasteiger partial charge in [0.25, 0.3) is 0 Å². The number of aliphatic hydroxyl groups is 1. The SMILES string of the molecule is C[C@H]1C(Sc2nc(C3=CCN[C@H](CCl)C3)cs2)=C(C(=O)O)N2C(=O)[C@H]([C@@H](C)O)C12. The number of nitrogens with one attached hydrogen (secondary N) is 1. The van der Waals surface area contributed by atoms with Crippen molar-refractivity contribution in [1.82, 2.24) is 15.2 Å². The van der Waals surface area contributed by atoms with Crippen LogP contribution in [0.2, 0.25) is 0 Å². The Morgan fingerprint density at radius 3 is 2.97 bits per heavy atom. The van der Waals surface area contributed by atoms with E-state index in [-0.39, 0.29) is 29.6 Å². The van der Waals surface area contributed by atoms with Crippen molar-refractivity contribution in [2.75, 3.05) is 12.4 Å². The van der Waals surface area contributed by atoms with Crippen LogP contribution in [0.25, 0.3) is 5.57 Å². The van der Waals surface area contributed by atoms with Crippen molar-refractivity contribution in [3.63, 3.8) is 0 Å². The number of carboxylic acids is 1. The van der Waals surface area contributed by atoms with E-state index in [9.17, 15) is 19.8 Å². The van der Waals surface area contributed by atoms with Gasteiger partial charge in [0.2, 0.25) is 5.91 Å². The summed E-state index contributed by atoms with van der Waals surface area (Å²) >= 11 is 8.74. The third kappa shape index (κ3) is 3.53. The molecule has 0 aliphatic carbocycles. The number of carboxylic acid groups (broad SMARTS) is 1. The lowest BCUT2D eigenvalue weighted by atomic mass is 9.79. The number of thiazole rings is 1. The smallest absolute Gasteiger partial charge is 0.353 e. The molecule has 3 N–H and O–H groups in total. The lowest BCUT2D eigenvalue weighted by Gasteiger charge is -2.46. The Labute approximate surface area is 181 Å². The number of aromatic nitrogens is 1. The highest BCUT2D eigenvalue weighted by atomic mass is 35.5. The fourth-order valence-corrected chi connectivity index (χ4v) is 6.62. The fourth-order valence-electron chi connectivity index (χ4n) is 4.29. The van der Waals surface area contributed by atoms with Crippen molar-refractivity contribution in [2.24, 2.45) is 11.8 Å². The van der Waals surface area contributed by atoms with E-state index in [1.54, 1.807) is 6.92 Å². The number of alkyl halides is 1. The molecule has 156 valence electrons. The molecule has 1 saturated heterocycles. The van der Waals surface area contributed by atoms with Gasteiger partial charge < -0.3 is 20.4 Å². The number of halogens is 1. The van der Waals surface area contributed by atoms with Crippen LogP contribution in [0.15, 0.2) is 26.4 Å². The Bertz CT molecular complexity index is 913. The highest BCUT2D eigenvalue weighted by molar-refractivity contribution is 8.04. The van der Waals surface area contributed by atoms with E-state index in [0.717, 1.165) is 28.6 Å². The van der Waals surface area contributed by atoms with Gasteiger partial charge in [0.1, 0.15) is 5.70 Å². The molecule has 0 spiro atoms. The molecule has 0 aromatic carbocycles. The number of rotatable bonds is 6. The molecule has 4 rings (SSSR count). The molecular weight excluding hydrogens is 434 g/mol. The average molecular weight is 456 g/mol. The van der Waals surface area contributed by atoms with E-state index in [0.29, 0.717) is 10.8 Å². The van der Waals surface area contributed by atoms with E-state index in [1.807, 2.05) is 12.3 Å². The van der Waals surface area contributed by atoms with Crippen molar-refractivity contribution >= 4 is 52.1 Å². The third-order valence-corrected chi connectivity index (χ3v) is 8.32. The van der Waals surface area contributed by atoms with Crippen LogP contribution in [0.4, 0.5) is 0 Å². The summed E-state index contributed by atoms with van der Waals surface area (Å²) in [5.74, 6) is -1.64. The number of aliphatic carboxylic acids is 1. The van der Waals surface area contributed by atoms with Gasteiger partial charge >= 0.3 is 5.97 Å². The first kappa shape index (κ1) is 20.9. The number of amides is 1. The van der Waals surface area contributed by atoms with Crippen molar-refractivity contribution in [3.05, 3.63) is 27.8 Å². The van der Waals surface area contributed by atoms with E-state index >= 15 is 0 Å². The Morgan fingerprint density at radius 1 is 1.55 bits per heavy atom. The van der Waals surface area contributed by atoms with Crippen molar-refractivity contribution < 1.29 is 19.8 Å². The quantitative estimate of drug-likeness (QED) is 0.447. The molecule has 0 radical (unpaired) electrons. The van der Waals surface area contributed by atoms with Crippen molar-refractivity contribution in [1.29, 1.82) is 0 Å². The van der Waals surface area contributed by atoms with E-state index in [4.69, 9.17) is 16.6 Å². The number of β-lactam (4-membered cyclic amide) rings is 1. The summed E-state index contributed by atoms with van der Waals surface area (Å²) in [4.78, 5) is 31.0. The monoisotopic (exact) mass is 455 g/mol. The van der Waals surface area contributed by atoms with Gasteiger partial charge in [0, 0.05) is 34.7 Å². The van der Waals surface area contributed by atoms with Gasteiger partial charge in [-0.05, 0) is 18.9 Å². The molecule has 1 unspecified atom stereocenters. The maximum absolute atomic E-state index is 12.4. The Hall–Kier alpha value is -1.39. The molecule has 29 heavy (non-hydrogen) atoms. The van der Waals surface area contributed by atoms with Crippen LogP contribution in [0, 0.1) is 11.8 Å². The van der Waals surface area contributed by atoms with Gasteiger partial charge in [-0.3, -0.25) is 4.79 Å². The number of hydrogen-bond acceptors (Lipinski definition) is 7. The molecule has 1 aromatic rings. The Morgan fingerprint density at radius 2 is 2.31 bits per heavy atom. The number of nitrogens with zero attached hydrogens (tertiary/aromatic N) is 2. The zero-order valence-corrected chi connectivity index (χ0v) is 18.4. The zero-order chi connectivity index (χ0) is 20.9. The first-order valence-corrected chi connectivity index (χ1v) is 11.7. The summed E-state index contributed by atoms with van der Waals surface area (Å²) in [5, 5.41) is 25.0. The summed E-state index contributed by atoms with van der Waals surface area (Å²) in [5.41, 5.74) is 2.05. The Balaban J connectivity index is 1.58. The number of aliphatic hydroxyl groups excluding tert-OH is 1. The maximum Gasteiger partial charge on any atom is 0.353 e. The summed E-state index contributed by atoms with van der Waals surface area (Å²) in [6.07, 6.45) is 2.10. The van der Waals surface area contributed by atoms with Crippen LogP contribution in [-0.2, 0) is 9.59 Å². The van der Waals surface area contributed by atoms with Gasteiger partial charge in [-0.15, -0.1) is 22.9 Å². The van der Waals surface area contributed by atoms with E-state index < -0.39 is 18.0 Å². The van der Waals surface area contributed by atoms with Crippen LogP contribution in [-0.4, -0.2) is 62.6 Å². The molecule has 1 aromatic heterocycles. The third-order valence-electron chi connectivity index (χ3n) is 5.73. The first-order valence-electron chi connectivity index (χ1n) is 9.44. The summed E-state index contributed by atoms with van der Waals surface area (Å²) < 4.78 is 0.742. The zero-order valence-electron chi connectivity index (χ0n) is 16.0. The second-order valence-corrected chi connectivity index (χ2v) is 10.0. The normalized spacial score (nSPS) is 30.1. The second kappa shape index (κ2) is 8.03. The lowest BCUT2D eigenvalue weighted by Crippen LogP contribution is -2.63. The van der Waals surface area contributed by atoms with Crippen LogP contribution in [0.5, 0.6) is 0 Å². The molecule has 10 heteroatoms. The predicted molar refractivity (Wildman–Crippen MR) is 113 cm³/mol. The van der Waals surface area contributed by atoms with Crippen molar-refractivity contribution in [3.8, 4) is 0 Å². The maximum atomic E-state index is 12.4. The van der Waals surface area contributed by atoms with Crippen LogP contribution in [0.1, 0.15) is 26.0 Å². The van der Waals surface area contributed by atoms with Gasteiger partial charge in [0.15, 0.2) is 4.34 Å². The van der Waals surface area contributed by atoms with Gasteiger partial charge in [0.05, 0.1) is 23.8 Å². The number of fused-ring (bicyclic) bond motifs is 1. The van der Waals surface area contributed by atoms with Crippen molar-refractivity contribution in [2.45, 2.75) is 42.8 Å². The van der Waals surface area contributed by atoms with Crippen LogP contribution < -0.4 is 5.32 Å². The summed E-state index contributed by atoms with van der Waals surface area (Å²) in [6, 6.07) is -0.0929. The molecule has 1 amide bonds. The minimum absolute atomic E-state index is 0.0226. The van der Waals surface area contributed by atoms with Gasteiger partial charge in [-0.1, -0.05) is 24.8 Å². The standard InChI is InChI=1S/C19H22ClN3O4S2/c1-8-14-13(9(2)24)17(25)23(14)15(18(26)27)16(8)29-19-22-12(7-28-19)10-3-4-21-11(5-10)6-20/h3,7-9,11,13-14,21,24H,4-6H2,1-2H3,(H,26,27)/t8-,9-,11+,13-,14?/m1/s1. The number of carbonyl (C=O) groups is 2. The highest BCUT2D eigenvalue weighted by Gasteiger charge is 2.60. The second-order valence-electron chi connectivity index (χ2n) is 7.57. The summed E-state index contributed by atoms with van der Waals surface area (Å²) in [7, 11) is 0. The largest absolute Gasteiger partial charge is 0.477 e. The van der Waals surface area contributed by atoms with Gasteiger partial charge in [-0.2, -0.15) is 0 Å². The van der Waals surface area contributed by atoms with E-state index in [2.05, 4.69) is 11.4 Å². The predicted octanol–water partition coefficient (Wildman–Crippen LogP) is 2.37. The molecule has 0 bridgehead atoms. The van der Waals surface area contributed by atoms with Gasteiger partial charge in [-0.25, -0.2) is 9.78 Å². The minimum Gasteiger partial charge on any atom is -0.477 e. The van der Waals surface area contributed by atoms with E-state index in [1.165, 1.54) is 28.0 Å². The Kier molecular flexibility index (Phi) is 5.78. The molecule has 7 nitrogen and oxygen atoms in total. The molecule has 3 aliphatic rings. The van der Waals surface area contributed by atoms with Crippen LogP contribution >= 0.6 is 34.7 Å². The first-order chi connectivity index (χ1) is 13.8. The molecule has 4 heterocycles. The number of hydrogen-bond donors (Lipinski definition) is 3. The minimum atomic E-state index is -1.12. The highest BCUT2D eigenvalue weighted by Crippen LogP contribution is 2.52. The molecular formula is C19H22ClN3O4S2. The topological polar surface area (TPSA) is 103 Å². The molecule has 1 fully saturated rings.